The molecule has 69 heavy (non-hydrogen) atoms. The number of hydrogen-bond donors (Lipinski definition) is 0. The molecule has 2 heteroatoms. The van der Waals surface area contributed by atoms with Gasteiger partial charge in [0.25, 0.3) is 0 Å². The van der Waals surface area contributed by atoms with Crippen molar-refractivity contribution in [3.05, 3.63) is 234 Å². The van der Waals surface area contributed by atoms with E-state index in [-0.39, 0.29) is 5.41 Å². The maximum atomic E-state index is 3.93. The van der Waals surface area contributed by atoms with E-state index in [4.69, 9.17) is 0 Å². The summed E-state index contributed by atoms with van der Waals surface area (Å²) in [5, 5.41) is 8.10. The fourth-order valence-electron chi connectivity index (χ4n) is 9.66. The first-order valence-corrected chi connectivity index (χ1v) is 25.3. The van der Waals surface area contributed by atoms with Gasteiger partial charge in [-0.15, -0.1) is 0 Å². The van der Waals surface area contributed by atoms with Crippen LogP contribution in [0.3, 0.4) is 0 Å². The molecule has 2 heterocycles. The highest BCUT2D eigenvalue weighted by Gasteiger charge is 2.35. The lowest BCUT2D eigenvalue weighted by Gasteiger charge is -2.22. The van der Waals surface area contributed by atoms with Gasteiger partial charge in [-0.1, -0.05) is 233 Å². The molecule has 1 aliphatic rings. The monoisotopic (exact) mass is 907 g/mol. The molecule has 0 aliphatic heterocycles. The Morgan fingerprint density at radius 2 is 0.841 bits per heavy atom. The number of pyridine rings is 1. The maximum Gasteiger partial charge on any atom is 0.0493 e. The second-order valence-corrected chi connectivity index (χ2v) is 20.5. The smallest absolute Gasteiger partial charge is 0.0493 e. The molecule has 1 aliphatic carbocycles. The first-order valence-electron chi connectivity index (χ1n) is 25.3. The summed E-state index contributed by atoms with van der Waals surface area (Å²) in [6.07, 6.45) is 3.66. The SMILES string of the molecule is CC(C)c1ccc2c(c1)C(C)(C)c1ccccc1-2.CC(C)c1ccc2ccccc2c1.CC(C)c1cccc2ccccc12.CC(C)c1ccncc1.CC(C)n1c2ccccc2c2ccccc21. The zero-order valence-electron chi connectivity index (χ0n) is 43.3. The molecule has 0 amide bonds. The highest BCUT2D eigenvalue weighted by Crippen LogP contribution is 2.49. The van der Waals surface area contributed by atoms with Gasteiger partial charge in [-0.25, -0.2) is 0 Å². The molecule has 10 aromatic rings. The number of benzene rings is 8. The van der Waals surface area contributed by atoms with Gasteiger partial charge in [0, 0.05) is 45.7 Å². The van der Waals surface area contributed by atoms with Crippen LogP contribution in [0.1, 0.15) is 146 Å². The molecule has 352 valence electrons. The standard InChI is InChI=1S/C18H20.C15H15N.2C13H14.C8H11N/c1-12(2)13-9-10-15-14-7-5-6-8-16(14)18(3,4)17(15)11-13;1-11(2)16-14-9-5-3-7-12(14)13-8-4-6-10-15(13)16;1-10(2)12-9-5-7-11-6-3-4-8-13(11)12;1-10(2)12-8-7-11-5-3-4-6-13(11)9-12;1-7(2)8-3-5-9-6-4-8/h5-12H,1-4H3;3-11H,1-2H3;2*3-10H,1-2H3;3-7H,1-2H3. The number of fused-ring (bicyclic) bond motifs is 8. The van der Waals surface area contributed by atoms with E-state index in [0.717, 1.165) is 0 Å². The molecular weight excluding hydrogens is 833 g/mol. The van der Waals surface area contributed by atoms with E-state index in [1.54, 1.807) is 0 Å². The van der Waals surface area contributed by atoms with Gasteiger partial charge in [0.1, 0.15) is 0 Å². The Kier molecular flexibility index (Phi) is 16.4. The highest BCUT2D eigenvalue weighted by atomic mass is 15.0. The Hall–Kier alpha value is -6.77. The average molecular weight is 907 g/mol. The summed E-state index contributed by atoms with van der Waals surface area (Å²) in [7, 11) is 0. The third-order valence-electron chi connectivity index (χ3n) is 13.7. The van der Waals surface area contributed by atoms with Crippen LogP contribution in [-0.4, -0.2) is 9.55 Å². The van der Waals surface area contributed by atoms with E-state index in [2.05, 4.69) is 269 Å². The van der Waals surface area contributed by atoms with Gasteiger partial charge in [-0.05, 0) is 128 Å². The minimum atomic E-state index is 0.136. The van der Waals surface area contributed by atoms with Gasteiger partial charge in [0.2, 0.25) is 0 Å². The molecule has 11 rings (SSSR count). The van der Waals surface area contributed by atoms with Crippen molar-refractivity contribution in [3.63, 3.8) is 0 Å². The molecule has 0 N–H and O–H groups in total. The lowest BCUT2D eigenvalue weighted by molar-refractivity contribution is 0.642. The lowest BCUT2D eigenvalue weighted by atomic mass is 9.81. The first-order chi connectivity index (χ1) is 33.2. The number of para-hydroxylation sites is 2. The third-order valence-corrected chi connectivity index (χ3v) is 13.7. The van der Waals surface area contributed by atoms with E-state index < -0.39 is 0 Å². The molecular formula is C67H74N2. The van der Waals surface area contributed by atoms with Crippen LogP contribution < -0.4 is 0 Å². The molecule has 0 unspecified atom stereocenters. The van der Waals surface area contributed by atoms with Gasteiger partial charge in [0.05, 0.1) is 0 Å². The number of hydrogen-bond acceptors (Lipinski definition) is 1. The van der Waals surface area contributed by atoms with Crippen LogP contribution in [0.2, 0.25) is 0 Å². The Balaban J connectivity index is 0.000000130. The normalized spacial score (nSPS) is 12.2. The van der Waals surface area contributed by atoms with E-state index >= 15 is 0 Å². The molecule has 2 aromatic heterocycles. The van der Waals surface area contributed by atoms with Crippen molar-refractivity contribution < 1.29 is 0 Å². The number of nitrogens with zero attached hydrogens (tertiary/aromatic N) is 2. The van der Waals surface area contributed by atoms with Crippen molar-refractivity contribution in [3.8, 4) is 11.1 Å². The molecule has 8 aromatic carbocycles. The molecule has 0 atom stereocenters. The molecule has 0 spiro atoms. The van der Waals surface area contributed by atoms with Crippen molar-refractivity contribution in [2.24, 2.45) is 0 Å². The highest BCUT2D eigenvalue weighted by molar-refractivity contribution is 6.08. The zero-order valence-corrected chi connectivity index (χ0v) is 43.3. The minimum absolute atomic E-state index is 0.136. The topological polar surface area (TPSA) is 17.8 Å². The summed E-state index contributed by atoms with van der Waals surface area (Å²) in [4.78, 5) is 3.93. The summed E-state index contributed by atoms with van der Waals surface area (Å²) < 4.78 is 2.41. The first kappa shape index (κ1) is 50.1. The van der Waals surface area contributed by atoms with Gasteiger partial charge in [-0.3, -0.25) is 4.98 Å². The third kappa shape index (κ3) is 11.6. The van der Waals surface area contributed by atoms with Gasteiger partial charge in [-0.2, -0.15) is 0 Å². The Morgan fingerprint density at radius 3 is 1.42 bits per heavy atom. The second kappa shape index (κ2) is 22.6. The number of aromatic nitrogens is 2. The van der Waals surface area contributed by atoms with E-state index in [1.807, 2.05) is 24.5 Å². The minimum Gasteiger partial charge on any atom is -0.338 e. The fourth-order valence-corrected chi connectivity index (χ4v) is 9.66. The molecule has 2 nitrogen and oxygen atoms in total. The van der Waals surface area contributed by atoms with Crippen LogP contribution in [0.5, 0.6) is 0 Å². The van der Waals surface area contributed by atoms with Crippen molar-refractivity contribution >= 4 is 43.4 Å². The quantitative estimate of drug-likeness (QED) is 0.168. The van der Waals surface area contributed by atoms with E-state index in [0.29, 0.717) is 29.7 Å². The van der Waals surface area contributed by atoms with Crippen molar-refractivity contribution in [1.82, 2.24) is 9.55 Å². The molecule has 0 bridgehead atoms. The number of rotatable bonds is 5. The van der Waals surface area contributed by atoms with Gasteiger partial charge >= 0.3 is 0 Å². The van der Waals surface area contributed by atoms with E-state index in [1.165, 1.54) is 87.9 Å². The van der Waals surface area contributed by atoms with Crippen LogP contribution in [0.25, 0.3) is 54.5 Å². The van der Waals surface area contributed by atoms with Crippen molar-refractivity contribution in [1.29, 1.82) is 0 Å². The maximum absolute atomic E-state index is 3.93. The largest absolute Gasteiger partial charge is 0.338 e. The van der Waals surface area contributed by atoms with Crippen molar-refractivity contribution in [2.75, 3.05) is 0 Å². The molecule has 0 saturated heterocycles. The summed E-state index contributed by atoms with van der Waals surface area (Å²) in [6.45, 7) is 26.9. The average Bonchev–Trinajstić information content (AvgIpc) is 3.83. The summed E-state index contributed by atoms with van der Waals surface area (Å²) in [5.74, 6) is 2.43. The van der Waals surface area contributed by atoms with E-state index in [9.17, 15) is 0 Å². The van der Waals surface area contributed by atoms with Crippen LogP contribution in [0.15, 0.2) is 200 Å². The Morgan fingerprint density at radius 1 is 0.362 bits per heavy atom. The Labute approximate surface area is 414 Å². The molecule has 0 saturated carbocycles. The zero-order chi connectivity index (χ0) is 49.2. The van der Waals surface area contributed by atoms with Crippen LogP contribution in [0.4, 0.5) is 0 Å². The summed E-state index contributed by atoms with van der Waals surface area (Å²) >= 11 is 0. The van der Waals surface area contributed by atoms with Gasteiger partial charge in [0.15, 0.2) is 0 Å². The van der Waals surface area contributed by atoms with Crippen LogP contribution in [0, 0.1) is 0 Å². The predicted octanol–water partition coefficient (Wildman–Crippen LogP) is 19.6. The van der Waals surface area contributed by atoms with Gasteiger partial charge < -0.3 is 4.57 Å². The summed E-state index contributed by atoms with van der Waals surface area (Å²) in [6, 6.07) is 67.9. The van der Waals surface area contributed by atoms with Crippen LogP contribution >= 0.6 is 0 Å². The fraction of sp³-hybridized carbons (Fsp3) is 0.269. The predicted molar refractivity (Wildman–Crippen MR) is 302 cm³/mol. The lowest BCUT2D eigenvalue weighted by Crippen LogP contribution is -2.15. The van der Waals surface area contributed by atoms with Crippen LogP contribution in [-0.2, 0) is 5.41 Å². The second-order valence-electron chi connectivity index (χ2n) is 20.5. The van der Waals surface area contributed by atoms with Crippen molar-refractivity contribution in [2.45, 2.75) is 118 Å². The summed E-state index contributed by atoms with van der Waals surface area (Å²) in [5.41, 5.74) is 14.2. The molecule has 0 fully saturated rings. The molecule has 0 radical (unpaired) electrons. The Bertz CT molecular complexity index is 3170.